The number of nitrogens with zero attached hydrogens (tertiary/aromatic N) is 1. The first kappa shape index (κ1) is 15.0. The lowest BCUT2D eigenvalue weighted by molar-refractivity contribution is -0.137. The molecule has 0 bridgehead atoms. The van der Waals surface area contributed by atoms with Gasteiger partial charge in [-0.1, -0.05) is 54.9 Å². The van der Waals surface area contributed by atoms with Crippen LogP contribution in [0.2, 0.25) is 0 Å². The lowest BCUT2D eigenvalue weighted by Crippen LogP contribution is -2.47. The Balaban J connectivity index is 2.11. The van der Waals surface area contributed by atoms with Crippen molar-refractivity contribution in [1.29, 1.82) is 0 Å². The van der Waals surface area contributed by atoms with Crippen molar-refractivity contribution in [2.45, 2.75) is 39.2 Å². The number of nitrogens with two attached hydrogens (primary N) is 1. The molecule has 1 aromatic rings. The molecule has 2 rings (SSSR count). The third-order valence-corrected chi connectivity index (χ3v) is 4.62. The van der Waals surface area contributed by atoms with Crippen molar-refractivity contribution < 1.29 is 4.79 Å². The van der Waals surface area contributed by atoms with E-state index in [1.165, 1.54) is 5.56 Å². The molecule has 1 saturated carbocycles. The van der Waals surface area contributed by atoms with Crippen molar-refractivity contribution in [3.63, 3.8) is 0 Å². The van der Waals surface area contributed by atoms with Gasteiger partial charge in [0.05, 0.1) is 10.4 Å². The molecule has 4 heteroatoms. The zero-order valence-corrected chi connectivity index (χ0v) is 13.0. The number of hydrogen-bond donors (Lipinski definition) is 1. The van der Waals surface area contributed by atoms with Crippen LogP contribution in [0, 0.1) is 12.3 Å². The summed E-state index contributed by atoms with van der Waals surface area (Å²) in [5.74, 6) is 0.0723. The van der Waals surface area contributed by atoms with E-state index in [9.17, 15) is 4.79 Å². The zero-order valence-electron chi connectivity index (χ0n) is 12.2. The molecule has 1 aromatic carbocycles. The molecule has 0 spiro atoms. The van der Waals surface area contributed by atoms with Gasteiger partial charge < -0.3 is 10.6 Å². The molecule has 0 aliphatic heterocycles. The summed E-state index contributed by atoms with van der Waals surface area (Å²) in [5.41, 5.74) is 7.61. The summed E-state index contributed by atoms with van der Waals surface area (Å²) in [7, 11) is 1.83. The molecule has 1 aliphatic carbocycles. The molecule has 3 nitrogen and oxygen atoms in total. The largest absolute Gasteiger partial charge is 0.392 e. The second-order valence-electron chi connectivity index (χ2n) is 5.80. The second kappa shape index (κ2) is 5.92. The van der Waals surface area contributed by atoms with Crippen LogP contribution < -0.4 is 5.73 Å². The fourth-order valence-corrected chi connectivity index (χ4v) is 3.24. The summed E-state index contributed by atoms with van der Waals surface area (Å²) in [4.78, 5) is 14.9. The number of carbonyl (C=O) groups is 1. The molecular formula is C16H22N2OS. The van der Waals surface area contributed by atoms with Gasteiger partial charge in [-0.15, -0.1) is 0 Å². The minimum Gasteiger partial charge on any atom is -0.392 e. The van der Waals surface area contributed by atoms with Crippen LogP contribution in [0.4, 0.5) is 0 Å². The van der Waals surface area contributed by atoms with E-state index < -0.39 is 5.41 Å². The van der Waals surface area contributed by atoms with Crippen LogP contribution >= 0.6 is 12.2 Å². The highest BCUT2D eigenvalue weighted by Crippen LogP contribution is 2.40. The molecule has 108 valence electrons. The lowest BCUT2D eigenvalue weighted by Gasteiger charge is -2.31. The Morgan fingerprint density at radius 3 is 2.35 bits per heavy atom. The predicted molar refractivity (Wildman–Crippen MR) is 85.3 cm³/mol. The van der Waals surface area contributed by atoms with Gasteiger partial charge in [-0.2, -0.15) is 0 Å². The van der Waals surface area contributed by atoms with Crippen molar-refractivity contribution in [3.05, 3.63) is 35.4 Å². The van der Waals surface area contributed by atoms with Crippen LogP contribution in [0.1, 0.15) is 36.8 Å². The van der Waals surface area contributed by atoms with Gasteiger partial charge in [0.15, 0.2) is 0 Å². The van der Waals surface area contributed by atoms with Gasteiger partial charge >= 0.3 is 0 Å². The average molecular weight is 290 g/mol. The van der Waals surface area contributed by atoms with Crippen molar-refractivity contribution >= 4 is 23.1 Å². The quantitative estimate of drug-likeness (QED) is 0.867. The molecule has 1 aliphatic rings. The van der Waals surface area contributed by atoms with Crippen molar-refractivity contribution in [3.8, 4) is 0 Å². The number of amides is 1. The van der Waals surface area contributed by atoms with Crippen LogP contribution in [0.5, 0.6) is 0 Å². The fraction of sp³-hybridized carbons (Fsp3) is 0.500. The van der Waals surface area contributed by atoms with Gasteiger partial charge in [0.1, 0.15) is 0 Å². The summed E-state index contributed by atoms with van der Waals surface area (Å²) in [6.07, 6.45) is 3.64. The Labute approximate surface area is 126 Å². The van der Waals surface area contributed by atoms with Crippen molar-refractivity contribution in [2.24, 2.45) is 11.1 Å². The van der Waals surface area contributed by atoms with E-state index in [1.807, 2.05) is 7.05 Å². The van der Waals surface area contributed by atoms with E-state index in [2.05, 4.69) is 31.2 Å². The molecule has 20 heavy (non-hydrogen) atoms. The van der Waals surface area contributed by atoms with Crippen LogP contribution in [0.25, 0.3) is 0 Å². The van der Waals surface area contributed by atoms with Crippen molar-refractivity contribution in [1.82, 2.24) is 4.90 Å². The highest BCUT2D eigenvalue weighted by molar-refractivity contribution is 7.80. The summed E-state index contributed by atoms with van der Waals surface area (Å²) < 4.78 is 0. The Kier molecular flexibility index (Phi) is 4.43. The predicted octanol–water partition coefficient (Wildman–Crippen LogP) is 2.80. The molecule has 0 aromatic heterocycles. The first-order chi connectivity index (χ1) is 9.45. The molecule has 0 unspecified atom stereocenters. The Hall–Kier alpha value is -1.42. The topological polar surface area (TPSA) is 46.3 Å². The summed E-state index contributed by atoms with van der Waals surface area (Å²) in [6.45, 7) is 2.66. The first-order valence-corrected chi connectivity index (χ1v) is 7.47. The molecule has 0 radical (unpaired) electrons. The molecule has 0 saturated heterocycles. The Bertz CT molecular complexity index is 504. The van der Waals surface area contributed by atoms with Gasteiger partial charge in [-0.05, 0) is 25.3 Å². The van der Waals surface area contributed by atoms with E-state index in [0.717, 1.165) is 31.2 Å². The van der Waals surface area contributed by atoms with E-state index in [4.69, 9.17) is 18.0 Å². The standard InChI is InChI=1S/C16H22N2OS/c1-12-5-7-13(8-6-12)11-18(2)15(19)16(14(17)20)9-3-4-10-16/h5-8H,3-4,9-11H2,1-2H3,(H2,17,20). The third kappa shape index (κ3) is 2.85. The maximum atomic E-state index is 12.7. The van der Waals surface area contributed by atoms with E-state index >= 15 is 0 Å². The van der Waals surface area contributed by atoms with E-state index in [-0.39, 0.29) is 5.91 Å². The number of thiocarbonyl (C=S) groups is 1. The number of carbonyl (C=O) groups excluding carboxylic acids is 1. The Morgan fingerprint density at radius 1 is 1.30 bits per heavy atom. The zero-order chi connectivity index (χ0) is 14.8. The fourth-order valence-electron chi connectivity index (χ4n) is 2.95. The molecule has 2 N–H and O–H groups in total. The molecule has 0 heterocycles. The van der Waals surface area contributed by atoms with Crippen LogP contribution in [-0.2, 0) is 11.3 Å². The molecule has 0 atom stereocenters. The van der Waals surface area contributed by atoms with Crippen LogP contribution in [-0.4, -0.2) is 22.8 Å². The SMILES string of the molecule is Cc1ccc(CN(C)C(=O)C2(C(N)=S)CCCC2)cc1. The van der Waals surface area contributed by atoms with Crippen LogP contribution in [0.3, 0.4) is 0 Å². The minimum absolute atomic E-state index is 0.0723. The van der Waals surface area contributed by atoms with Crippen molar-refractivity contribution in [2.75, 3.05) is 7.05 Å². The normalized spacial score (nSPS) is 16.9. The number of benzene rings is 1. The molecular weight excluding hydrogens is 268 g/mol. The van der Waals surface area contributed by atoms with Gasteiger partial charge in [0.2, 0.25) is 5.91 Å². The average Bonchev–Trinajstić information content (AvgIpc) is 2.91. The maximum Gasteiger partial charge on any atom is 0.235 e. The minimum atomic E-state index is -0.602. The van der Waals surface area contributed by atoms with Gasteiger partial charge in [0, 0.05) is 13.6 Å². The van der Waals surface area contributed by atoms with E-state index in [0.29, 0.717) is 11.5 Å². The molecule has 1 fully saturated rings. The summed E-state index contributed by atoms with van der Waals surface area (Å²) in [6, 6.07) is 8.24. The lowest BCUT2D eigenvalue weighted by atomic mass is 9.84. The highest BCUT2D eigenvalue weighted by Gasteiger charge is 2.45. The molecule has 1 amide bonds. The first-order valence-electron chi connectivity index (χ1n) is 7.07. The monoisotopic (exact) mass is 290 g/mol. The number of hydrogen-bond acceptors (Lipinski definition) is 2. The van der Waals surface area contributed by atoms with Crippen LogP contribution in [0.15, 0.2) is 24.3 Å². The Morgan fingerprint density at radius 2 is 1.85 bits per heavy atom. The number of rotatable bonds is 4. The summed E-state index contributed by atoms with van der Waals surface area (Å²) >= 11 is 5.17. The summed E-state index contributed by atoms with van der Waals surface area (Å²) in [5, 5.41) is 0. The number of aryl methyl sites for hydroxylation is 1. The smallest absolute Gasteiger partial charge is 0.235 e. The third-order valence-electron chi connectivity index (χ3n) is 4.23. The van der Waals surface area contributed by atoms with Gasteiger partial charge in [0.25, 0.3) is 0 Å². The highest BCUT2D eigenvalue weighted by atomic mass is 32.1. The maximum absolute atomic E-state index is 12.7. The van der Waals surface area contributed by atoms with Gasteiger partial charge in [-0.25, -0.2) is 0 Å². The van der Waals surface area contributed by atoms with E-state index in [1.54, 1.807) is 4.90 Å². The second-order valence-corrected chi connectivity index (χ2v) is 6.24. The van der Waals surface area contributed by atoms with Gasteiger partial charge in [-0.3, -0.25) is 4.79 Å².